The van der Waals surface area contributed by atoms with Crippen LogP contribution in [0.3, 0.4) is 0 Å². The van der Waals surface area contributed by atoms with Crippen LogP contribution < -0.4 is 0 Å². The average molecular weight is 286 g/mol. The van der Waals surface area contributed by atoms with Gasteiger partial charge in [-0.2, -0.15) is 0 Å². The summed E-state index contributed by atoms with van der Waals surface area (Å²) in [6.07, 6.45) is 4.04. The van der Waals surface area contributed by atoms with E-state index in [2.05, 4.69) is 19.6 Å². The van der Waals surface area contributed by atoms with E-state index in [-0.39, 0.29) is 29.1 Å². The van der Waals surface area contributed by atoms with Crippen molar-refractivity contribution >= 4 is 5.78 Å². The molecule has 1 unspecified atom stereocenters. The van der Waals surface area contributed by atoms with Crippen LogP contribution in [-0.4, -0.2) is 16.0 Å². The van der Waals surface area contributed by atoms with Gasteiger partial charge in [0, 0.05) is 17.0 Å². The van der Waals surface area contributed by atoms with Gasteiger partial charge in [0.2, 0.25) is 0 Å². The second kappa shape index (κ2) is 5.76. The van der Waals surface area contributed by atoms with E-state index in [0.717, 1.165) is 18.4 Å². The first-order chi connectivity index (χ1) is 9.81. The number of ketones is 1. The molecule has 1 aliphatic carbocycles. The lowest BCUT2D eigenvalue weighted by Gasteiger charge is -2.31. The van der Waals surface area contributed by atoms with Gasteiger partial charge in [0.15, 0.2) is 5.78 Å². The Morgan fingerprint density at radius 1 is 1.24 bits per heavy atom. The number of allylic oxidation sites excluding steroid dienone is 3. The van der Waals surface area contributed by atoms with Crippen LogP contribution in [0.4, 0.5) is 0 Å². The molecule has 1 aromatic rings. The number of hydrogen-bond donors (Lipinski definition) is 2. The number of benzene rings is 1. The Balaban J connectivity index is 2.55. The van der Waals surface area contributed by atoms with Crippen LogP contribution in [0, 0.1) is 5.92 Å². The van der Waals surface area contributed by atoms with Crippen LogP contribution >= 0.6 is 0 Å². The number of phenols is 2. The first-order valence-corrected chi connectivity index (χ1v) is 7.20. The average Bonchev–Trinajstić information content (AvgIpc) is 2.37. The third-order valence-electron chi connectivity index (χ3n) is 4.26. The second-order valence-corrected chi connectivity index (χ2v) is 6.01. The van der Waals surface area contributed by atoms with Gasteiger partial charge in [0.25, 0.3) is 0 Å². The molecule has 0 spiro atoms. The van der Waals surface area contributed by atoms with Crippen molar-refractivity contribution in [3.8, 4) is 11.5 Å². The van der Waals surface area contributed by atoms with Gasteiger partial charge in [-0.25, -0.2) is 0 Å². The molecule has 0 aromatic heterocycles. The fourth-order valence-electron chi connectivity index (χ4n) is 3.07. The van der Waals surface area contributed by atoms with Crippen molar-refractivity contribution in [2.75, 3.05) is 0 Å². The minimum absolute atomic E-state index is 0.0256. The zero-order chi connectivity index (χ0) is 15.7. The number of Topliss-reactive ketones (excluding diaryl/α,β-unsaturated/α-hetero) is 1. The number of carbonyl (C=O) groups is 1. The zero-order valence-corrected chi connectivity index (χ0v) is 12.8. The molecule has 0 aliphatic heterocycles. The summed E-state index contributed by atoms with van der Waals surface area (Å²) < 4.78 is 0. The number of aromatic hydroxyl groups is 2. The lowest BCUT2D eigenvalue weighted by Crippen LogP contribution is -2.17. The van der Waals surface area contributed by atoms with E-state index < -0.39 is 0 Å². The van der Waals surface area contributed by atoms with Crippen LogP contribution in [0.15, 0.2) is 35.9 Å². The minimum atomic E-state index is -0.182. The summed E-state index contributed by atoms with van der Waals surface area (Å²) in [7, 11) is 0. The Labute approximate surface area is 125 Å². The monoisotopic (exact) mass is 286 g/mol. The molecule has 2 atom stereocenters. The Morgan fingerprint density at radius 3 is 2.29 bits per heavy atom. The summed E-state index contributed by atoms with van der Waals surface area (Å²) in [5.41, 5.74) is 3.09. The molecular formula is C18H22O3. The molecule has 2 rings (SSSR count). The molecule has 0 saturated carbocycles. The molecule has 0 fully saturated rings. The molecule has 21 heavy (non-hydrogen) atoms. The van der Waals surface area contributed by atoms with E-state index in [0.29, 0.717) is 11.1 Å². The lowest BCUT2D eigenvalue weighted by atomic mass is 9.73. The van der Waals surface area contributed by atoms with E-state index in [4.69, 9.17) is 0 Å². The van der Waals surface area contributed by atoms with E-state index in [1.807, 2.05) is 6.92 Å². The maximum absolute atomic E-state index is 11.4. The largest absolute Gasteiger partial charge is 0.507 e. The Morgan fingerprint density at radius 2 is 1.81 bits per heavy atom. The summed E-state index contributed by atoms with van der Waals surface area (Å²) in [5.74, 6) is -0.144. The van der Waals surface area contributed by atoms with Gasteiger partial charge in [-0.1, -0.05) is 23.8 Å². The van der Waals surface area contributed by atoms with Crippen LogP contribution in [0.25, 0.3) is 0 Å². The Hall–Kier alpha value is -2.03. The third-order valence-corrected chi connectivity index (χ3v) is 4.26. The number of hydrogen-bond acceptors (Lipinski definition) is 3. The van der Waals surface area contributed by atoms with Crippen molar-refractivity contribution in [2.24, 2.45) is 5.92 Å². The molecule has 1 aromatic carbocycles. The van der Waals surface area contributed by atoms with Gasteiger partial charge in [0.1, 0.15) is 11.5 Å². The molecule has 0 radical (unpaired) electrons. The van der Waals surface area contributed by atoms with Crippen molar-refractivity contribution in [1.82, 2.24) is 0 Å². The summed E-state index contributed by atoms with van der Waals surface area (Å²) in [4.78, 5) is 11.4. The van der Waals surface area contributed by atoms with Crippen LogP contribution in [-0.2, 0) is 0 Å². The number of carbonyl (C=O) groups excluding carboxylic acids is 1. The van der Waals surface area contributed by atoms with Gasteiger partial charge in [-0.15, -0.1) is 0 Å². The number of rotatable bonds is 3. The van der Waals surface area contributed by atoms with Crippen molar-refractivity contribution in [3.05, 3.63) is 47.1 Å². The predicted octanol–water partition coefficient (Wildman–Crippen LogP) is 4.32. The highest BCUT2D eigenvalue weighted by Gasteiger charge is 2.30. The van der Waals surface area contributed by atoms with E-state index in [1.165, 1.54) is 24.6 Å². The van der Waals surface area contributed by atoms with Gasteiger partial charge in [-0.05, 0) is 51.7 Å². The van der Waals surface area contributed by atoms with Crippen LogP contribution in [0.1, 0.15) is 55.5 Å². The molecule has 3 heteroatoms. The summed E-state index contributed by atoms with van der Waals surface area (Å²) in [6.45, 7) is 9.48. The molecule has 0 amide bonds. The topological polar surface area (TPSA) is 57.5 Å². The van der Waals surface area contributed by atoms with E-state index >= 15 is 0 Å². The van der Waals surface area contributed by atoms with Gasteiger partial charge in [0.05, 0.1) is 0 Å². The third kappa shape index (κ3) is 3.02. The maximum atomic E-state index is 11.4. The zero-order valence-electron chi connectivity index (χ0n) is 12.8. The molecular weight excluding hydrogens is 264 g/mol. The highest BCUT2D eigenvalue weighted by Crippen LogP contribution is 2.46. The van der Waals surface area contributed by atoms with Crippen LogP contribution in [0.2, 0.25) is 0 Å². The van der Waals surface area contributed by atoms with Crippen LogP contribution in [0.5, 0.6) is 11.5 Å². The van der Waals surface area contributed by atoms with Crippen molar-refractivity contribution in [1.29, 1.82) is 0 Å². The minimum Gasteiger partial charge on any atom is -0.507 e. The molecule has 0 saturated heterocycles. The molecule has 1 aliphatic rings. The van der Waals surface area contributed by atoms with Gasteiger partial charge < -0.3 is 10.2 Å². The summed E-state index contributed by atoms with van der Waals surface area (Å²) in [6, 6.07) is 2.87. The summed E-state index contributed by atoms with van der Waals surface area (Å²) in [5, 5.41) is 20.6. The normalized spacial score (nSPS) is 21.8. The molecule has 0 bridgehead atoms. The fraction of sp³-hybridized carbons (Fsp3) is 0.389. The standard InChI is InChI=1S/C18H22O3/c1-10(2)14-6-5-11(3)7-15(14)18-16(20)8-13(12(4)19)9-17(18)21/h7-9,14-15,20-21H,1,5-6H2,2-4H3/t14?,15-/m0/s1. The van der Waals surface area contributed by atoms with Crippen molar-refractivity contribution in [3.63, 3.8) is 0 Å². The van der Waals surface area contributed by atoms with Crippen molar-refractivity contribution in [2.45, 2.75) is 39.5 Å². The van der Waals surface area contributed by atoms with Crippen molar-refractivity contribution < 1.29 is 15.0 Å². The Bertz CT molecular complexity index is 602. The lowest BCUT2D eigenvalue weighted by molar-refractivity contribution is 0.101. The highest BCUT2D eigenvalue weighted by molar-refractivity contribution is 5.95. The van der Waals surface area contributed by atoms with Gasteiger partial charge >= 0.3 is 0 Å². The van der Waals surface area contributed by atoms with E-state index in [1.54, 1.807) is 0 Å². The number of phenolic OH excluding ortho intramolecular Hbond substituents is 2. The van der Waals surface area contributed by atoms with E-state index in [9.17, 15) is 15.0 Å². The first-order valence-electron chi connectivity index (χ1n) is 7.20. The second-order valence-electron chi connectivity index (χ2n) is 6.01. The summed E-state index contributed by atoms with van der Waals surface area (Å²) >= 11 is 0. The highest BCUT2D eigenvalue weighted by atomic mass is 16.3. The smallest absolute Gasteiger partial charge is 0.160 e. The fourth-order valence-corrected chi connectivity index (χ4v) is 3.07. The Kier molecular flexibility index (Phi) is 4.21. The first kappa shape index (κ1) is 15.4. The molecule has 112 valence electrons. The molecule has 2 N–H and O–H groups in total. The quantitative estimate of drug-likeness (QED) is 0.642. The molecule has 0 heterocycles. The van der Waals surface area contributed by atoms with Gasteiger partial charge in [-0.3, -0.25) is 4.79 Å². The predicted molar refractivity (Wildman–Crippen MR) is 83.8 cm³/mol. The molecule has 3 nitrogen and oxygen atoms in total. The maximum Gasteiger partial charge on any atom is 0.160 e. The SMILES string of the molecule is C=C(C)C1CCC(C)=C[C@@H]1c1c(O)cc(C(C)=O)cc1O.